The average molecular weight is 377 g/mol. The van der Waals surface area contributed by atoms with Crippen molar-refractivity contribution in [1.82, 2.24) is 0 Å². The van der Waals surface area contributed by atoms with Gasteiger partial charge in [0.05, 0.1) is 0 Å². The van der Waals surface area contributed by atoms with E-state index in [2.05, 4.69) is 0 Å². The number of fused-ring (bicyclic) bond motifs is 1. The first-order valence-corrected chi connectivity index (χ1v) is 9.32. The van der Waals surface area contributed by atoms with E-state index in [-0.39, 0.29) is 6.04 Å². The summed E-state index contributed by atoms with van der Waals surface area (Å²) in [4.78, 5) is 0. The normalized spacial score (nSPS) is 12.8. The van der Waals surface area contributed by atoms with E-state index in [0.29, 0.717) is 6.79 Å². The van der Waals surface area contributed by atoms with Crippen molar-refractivity contribution < 1.29 is 9.47 Å². The van der Waals surface area contributed by atoms with Gasteiger partial charge in [-0.3, -0.25) is 0 Å². The number of hydrogen-bond donors (Lipinski definition) is 3. The molecule has 146 valence electrons. The molecule has 0 amide bonds. The van der Waals surface area contributed by atoms with E-state index in [1.54, 1.807) is 0 Å². The minimum Gasteiger partial charge on any atom is -0.454 e. The molecule has 0 saturated carbocycles. The van der Waals surface area contributed by atoms with E-state index in [0.717, 1.165) is 35.7 Å². The predicted molar refractivity (Wildman–Crippen MR) is 114 cm³/mol. The summed E-state index contributed by atoms with van der Waals surface area (Å²) in [6.45, 7) is 2.32. The summed E-state index contributed by atoms with van der Waals surface area (Å²) in [6, 6.07) is 22.0. The van der Waals surface area contributed by atoms with Crippen molar-refractivity contribution in [2.45, 2.75) is 25.8 Å². The third kappa shape index (κ3) is 5.66. The molecule has 1 aliphatic rings. The lowest BCUT2D eigenvalue weighted by Crippen LogP contribution is -2.17. The van der Waals surface area contributed by atoms with Crippen LogP contribution >= 0.6 is 0 Å². The van der Waals surface area contributed by atoms with Crippen LogP contribution in [-0.2, 0) is 12.8 Å². The van der Waals surface area contributed by atoms with Gasteiger partial charge in [-0.05, 0) is 72.9 Å². The smallest absolute Gasteiger partial charge is 0.231 e. The van der Waals surface area contributed by atoms with E-state index in [9.17, 15) is 0 Å². The van der Waals surface area contributed by atoms with Crippen molar-refractivity contribution in [2.75, 3.05) is 18.3 Å². The molecule has 1 unspecified atom stereocenters. The van der Waals surface area contributed by atoms with Gasteiger partial charge in [-0.2, -0.15) is 0 Å². The van der Waals surface area contributed by atoms with Gasteiger partial charge in [-0.1, -0.05) is 30.3 Å². The molecule has 0 aliphatic carbocycles. The molecule has 28 heavy (non-hydrogen) atoms. The Morgan fingerprint density at radius 3 is 1.79 bits per heavy atom. The summed E-state index contributed by atoms with van der Waals surface area (Å²) in [7, 11) is 0. The van der Waals surface area contributed by atoms with Gasteiger partial charge in [0.15, 0.2) is 11.5 Å². The van der Waals surface area contributed by atoms with Crippen molar-refractivity contribution in [3.63, 3.8) is 0 Å². The van der Waals surface area contributed by atoms with Crippen molar-refractivity contribution >= 4 is 11.4 Å². The van der Waals surface area contributed by atoms with Crippen LogP contribution in [0, 0.1) is 0 Å². The van der Waals surface area contributed by atoms with Crippen molar-refractivity contribution in [3.8, 4) is 11.5 Å². The molecule has 4 rings (SSSR count). The van der Waals surface area contributed by atoms with Crippen molar-refractivity contribution in [3.05, 3.63) is 83.4 Å². The third-order valence-corrected chi connectivity index (χ3v) is 4.36. The van der Waals surface area contributed by atoms with Crippen LogP contribution in [0.25, 0.3) is 0 Å². The summed E-state index contributed by atoms with van der Waals surface area (Å²) < 4.78 is 10.5. The standard InChI is InChI=1S/C13H14N2.C10H13NO2/c14-12-5-1-10(2-6-12)9-11-3-7-13(15)8-4-11;1-7(11)4-8-2-3-9-10(5-8)13-6-12-9/h1-8H,9,14-15H2;2-3,5,7H,4,6,11H2,1H3. The summed E-state index contributed by atoms with van der Waals surface area (Å²) in [5.74, 6) is 1.66. The Morgan fingerprint density at radius 2 is 1.25 bits per heavy atom. The summed E-state index contributed by atoms with van der Waals surface area (Å²) in [5.41, 5.74) is 22.3. The van der Waals surface area contributed by atoms with Crippen molar-refractivity contribution in [2.24, 2.45) is 5.73 Å². The van der Waals surface area contributed by atoms with E-state index in [1.165, 1.54) is 16.7 Å². The highest BCUT2D eigenvalue weighted by Crippen LogP contribution is 2.32. The predicted octanol–water partition coefficient (Wildman–Crippen LogP) is 3.75. The first kappa shape index (κ1) is 19.6. The van der Waals surface area contributed by atoms with Gasteiger partial charge in [0.2, 0.25) is 6.79 Å². The monoisotopic (exact) mass is 377 g/mol. The molecular weight excluding hydrogens is 350 g/mol. The molecule has 0 fully saturated rings. The maximum atomic E-state index is 5.70. The number of anilines is 2. The van der Waals surface area contributed by atoms with Crippen LogP contribution in [0.3, 0.4) is 0 Å². The number of nitrogens with two attached hydrogens (primary N) is 3. The second kappa shape index (κ2) is 9.15. The van der Waals surface area contributed by atoms with Crippen LogP contribution in [0.1, 0.15) is 23.6 Å². The first-order valence-electron chi connectivity index (χ1n) is 9.32. The summed E-state index contributed by atoms with van der Waals surface area (Å²) in [6.07, 6.45) is 1.79. The van der Waals surface area contributed by atoms with Crippen LogP contribution in [0.2, 0.25) is 0 Å². The van der Waals surface area contributed by atoms with Crippen LogP contribution in [-0.4, -0.2) is 12.8 Å². The van der Waals surface area contributed by atoms with Gasteiger partial charge in [-0.25, -0.2) is 0 Å². The average Bonchev–Trinajstić information content (AvgIpc) is 3.13. The van der Waals surface area contributed by atoms with Crippen LogP contribution < -0.4 is 26.7 Å². The van der Waals surface area contributed by atoms with Gasteiger partial charge in [-0.15, -0.1) is 0 Å². The van der Waals surface area contributed by atoms with E-state index < -0.39 is 0 Å². The van der Waals surface area contributed by atoms with Gasteiger partial charge >= 0.3 is 0 Å². The molecule has 0 aromatic heterocycles. The minimum atomic E-state index is 0.181. The fourth-order valence-corrected chi connectivity index (χ4v) is 2.95. The molecule has 5 nitrogen and oxygen atoms in total. The fraction of sp³-hybridized carbons (Fsp3) is 0.217. The zero-order chi connectivity index (χ0) is 19.9. The Labute approximate surface area is 166 Å². The number of ether oxygens (including phenoxy) is 2. The second-order valence-corrected chi connectivity index (χ2v) is 7.03. The summed E-state index contributed by atoms with van der Waals surface area (Å²) in [5, 5.41) is 0. The highest BCUT2D eigenvalue weighted by molar-refractivity contribution is 5.45. The Kier molecular flexibility index (Phi) is 6.40. The Hall–Kier alpha value is -3.18. The van der Waals surface area contributed by atoms with Crippen LogP contribution in [0.15, 0.2) is 66.7 Å². The van der Waals surface area contributed by atoms with E-state index in [1.807, 2.05) is 73.7 Å². The number of nitrogen functional groups attached to an aromatic ring is 2. The Morgan fingerprint density at radius 1 is 0.750 bits per heavy atom. The molecule has 1 heterocycles. The Bertz CT molecular complexity index is 847. The van der Waals surface area contributed by atoms with E-state index in [4.69, 9.17) is 26.7 Å². The number of hydrogen-bond acceptors (Lipinski definition) is 5. The summed E-state index contributed by atoms with van der Waals surface area (Å²) >= 11 is 0. The van der Waals surface area contributed by atoms with Crippen LogP contribution in [0.4, 0.5) is 11.4 Å². The van der Waals surface area contributed by atoms with Gasteiger partial charge in [0.25, 0.3) is 0 Å². The molecule has 5 heteroatoms. The lowest BCUT2D eigenvalue weighted by molar-refractivity contribution is 0.174. The maximum absolute atomic E-state index is 5.70. The topological polar surface area (TPSA) is 96.5 Å². The maximum Gasteiger partial charge on any atom is 0.231 e. The van der Waals surface area contributed by atoms with Crippen molar-refractivity contribution in [1.29, 1.82) is 0 Å². The first-order chi connectivity index (χ1) is 13.5. The SMILES string of the molecule is CC(N)Cc1ccc2c(c1)OCO2.Nc1ccc(Cc2ccc(N)cc2)cc1. The molecular formula is C23H27N3O2. The third-order valence-electron chi connectivity index (χ3n) is 4.36. The van der Waals surface area contributed by atoms with Gasteiger partial charge in [0.1, 0.15) is 0 Å². The highest BCUT2D eigenvalue weighted by atomic mass is 16.7. The number of benzene rings is 3. The van der Waals surface area contributed by atoms with E-state index >= 15 is 0 Å². The molecule has 1 atom stereocenters. The second-order valence-electron chi connectivity index (χ2n) is 7.03. The van der Waals surface area contributed by atoms with Crippen LogP contribution in [0.5, 0.6) is 11.5 Å². The molecule has 3 aromatic carbocycles. The largest absolute Gasteiger partial charge is 0.454 e. The fourth-order valence-electron chi connectivity index (χ4n) is 2.95. The Balaban J connectivity index is 0.000000162. The lowest BCUT2D eigenvalue weighted by atomic mass is 10.0. The highest BCUT2D eigenvalue weighted by Gasteiger charge is 2.13. The lowest BCUT2D eigenvalue weighted by Gasteiger charge is -2.05. The molecule has 0 bridgehead atoms. The van der Waals surface area contributed by atoms with Gasteiger partial charge in [0, 0.05) is 17.4 Å². The number of rotatable bonds is 4. The molecule has 0 spiro atoms. The molecule has 0 saturated heterocycles. The molecule has 3 aromatic rings. The zero-order valence-corrected chi connectivity index (χ0v) is 16.1. The molecule has 6 N–H and O–H groups in total. The molecule has 0 radical (unpaired) electrons. The zero-order valence-electron chi connectivity index (χ0n) is 16.1. The minimum absolute atomic E-state index is 0.181. The quantitative estimate of drug-likeness (QED) is 0.602. The molecule has 1 aliphatic heterocycles. The van der Waals surface area contributed by atoms with Gasteiger partial charge < -0.3 is 26.7 Å².